The smallest absolute Gasteiger partial charge is 0.337 e. The summed E-state index contributed by atoms with van der Waals surface area (Å²) in [6.07, 6.45) is 0. The molecule has 2 rings (SSSR count). The van der Waals surface area contributed by atoms with Crippen LogP contribution in [0.3, 0.4) is 0 Å². The second kappa shape index (κ2) is 6.17. The Bertz CT molecular complexity index is 484. The lowest BCUT2D eigenvalue weighted by Gasteiger charge is -1.96. The number of hydrogen-bond donors (Lipinski definition) is 3. The van der Waals surface area contributed by atoms with E-state index in [2.05, 4.69) is 0 Å². The molecule has 0 amide bonds. The molecule has 0 aliphatic carbocycles. The molecule has 0 saturated carbocycles. The summed E-state index contributed by atoms with van der Waals surface area (Å²) in [5.74, 6) is -0.988. The number of anilines is 2. The third kappa shape index (κ3) is 4.25. The molecule has 17 heavy (non-hydrogen) atoms. The van der Waals surface area contributed by atoms with Crippen LogP contribution in [-0.2, 0) is 0 Å². The zero-order valence-electron chi connectivity index (χ0n) is 9.21. The molecule has 0 spiro atoms. The number of benzene rings is 2. The highest BCUT2D eigenvalue weighted by molar-refractivity contribution is 5.93. The lowest BCUT2D eigenvalue weighted by atomic mass is 10.2. The Balaban J connectivity index is 0.000000181. The summed E-state index contributed by atoms with van der Waals surface area (Å²) in [7, 11) is 0. The van der Waals surface area contributed by atoms with Gasteiger partial charge < -0.3 is 16.6 Å². The molecule has 0 heterocycles. The zero-order valence-corrected chi connectivity index (χ0v) is 9.21. The van der Waals surface area contributed by atoms with E-state index in [9.17, 15) is 4.79 Å². The van der Waals surface area contributed by atoms with E-state index in [1.807, 2.05) is 30.3 Å². The molecule has 2 aromatic rings. The Morgan fingerprint density at radius 2 is 1.41 bits per heavy atom. The molecule has 0 aliphatic heterocycles. The number of hydrogen-bond acceptors (Lipinski definition) is 3. The summed E-state index contributed by atoms with van der Waals surface area (Å²) >= 11 is 0. The molecule has 4 nitrogen and oxygen atoms in total. The zero-order chi connectivity index (χ0) is 12.7. The van der Waals surface area contributed by atoms with Crippen LogP contribution < -0.4 is 11.5 Å². The van der Waals surface area contributed by atoms with Crippen molar-refractivity contribution in [2.24, 2.45) is 0 Å². The van der Waals surface area contributed by atoms with Crippen molar-refractivity contribution in [2.45, 2.75) is 0 Å². The minimum atomic E-state index is -0.988. The van der Waals surface area contributed by atoms with Crippen molar-refractivity contribution >= 4 is 17.3 Å². The minimum Gasteiger partial charge on any atom is -0.478 e. The van der Waals surface area contributed by atoms with E-state index < -0.39 is 5.97 Å². The standard InChI is InChI=1S/C7H7NO2.C6H7N/c8-6-4-2-1-3-5(6)7(9)10;7-6-4-2-1-3-5-6/h1-4H,8H2,(H,9,10);1-5H,7H2. The number of carboxylic acid groups (broad SMARTS) is 1. The Hall–Kier alpha value is -2.49. The monoisotopic (exact) mass is 230 g/mol. The van der Waals surface area contributed by atoms with Gasteiger partial charge in [0, 0.05) is 11.4 Å². The maximum atomic E-state index is 10.3. The average Bonchev–Trinajstić information content (AvgIpc) is 2.31. The molecule has 4 heteroatoms. The summed E-state index contributed by atoms with van der Waals surface area (Å²) in [6, 6.07) is 15.9. The van der Waals surface area contributed by atoms with Gasteiger partial charge in [0.25, 0.3) is 0 Å². The van der Waals surface area contributed by atoms with Crippen molar-refractivity contribution in [1.82, 2.24) is 0 Å². The third-order valence-electron chi connectivity index (χ3n) is 1.99. The van der Waals surface area contributed by atoms with Crippen molar-refractivity contribution in [1.29, 1.82) is 0 Å². The van der Waals surface area contributed by atoms with Crippen LogP contribution in [0.15, 0.2) is 54.6 Å². The van der Waals surface area contributed by atoms with Gasteiger partial charge in [-0.15, -0.1) is 0 Å². The number of carbonyl (C=O) groups is 1. The highest BCUT2D eigenvalue weighted by atomic mass is 16.4. The molecule has 2 aromatic carbocycles. The van der Waals surface area contributed by atoms with Gasteiger partial charge in [0.2, 0.25) is 0 Å². The van der Waals surface area contributed by atoms with Crippen LogP contribution in [0.4, 0.5) is 11.4 Å². The number of rotatable bonds is 1. The van der Waals surface area contributed by atoms with Crippen LogP contribution in [0.2, 0.25) is 0 Å². The summed E-state index contributed by atoms with van der Waals surface area (Å²) in [5.41, 5.74) is 12.0. The normalized spacial score (nSPS) is 8.94. The molecule has 88 valence electrons. The molecular formula is C13H14N2O2. The first kappa shape index (κ1) is 12.6. The van der Waals surface area contributed by atoms with E-state index in [0.717, 1.165) is 5.69 Å². The highest BCUT2D eigenvalue weighted by Crippen LogP contribution is 2.09. The Kier molecular flexibility index (Phi) is 4.57. The summed E-state index contributed by atoms with van der Waals surface area (Å²) in [5, 5.41) is 8.49. The van der Waals surface area contributed by atoms with Gasteiger partial charge in [-0.2, -0.15) is 0 Å². The summed E-state index contributed by atoms with van der Waals surface area (Å²) < 4.78 is 0. The van der Waals surface area contributed by atoms with Gasteiger partial charge in [-0.1, -0.05) is 30.3 Å². The molecule has 0 fully saturated rings. The quantitative estimate of drug-likeness (QED) is 0.655. The van der Waals surface area contributed by atoms with Gasteiger partial charge >= 0.3 is 5.97 Å². The Morgan fingerprint density at radius 3 is 1.76 bits per heavy atom. The molecular weight excluding hydrogens is 216 g/mol. The first-order valence-corrected chi connectivity index (χ1v) is 4.99. The Morgan fingerprint density at radius 1 is 0.882 bits per heavy atom. The van der Waals surface area contributed by atoms with E-state index in [1.54, 1.807) is 18.2 Å². The van der Waals surface area contributed by atoms with Crippen LogP contribution in [0.5, 0.6) is 0 Å². The number of carboxylic acids is 1. The van der Waals surface area contributed by atoms with Gasteiger partial charge in [-0.25, -0.2) is 4.79 Å². The van der Waals surface area contributed by atoms with Gasteiger partial charge in [-0.05, 0) is 24.3 Å². The van der Waals surface area contributed by atoms with Crippen molar-refractivity contribution < 1.29 is 9.90 Å². The first-order valence-electron chi connectivity index (χ1n) is 4.99. The minimum absolute atomic E-state index is 0.155. The lowest BCUT2D eigenvalue weighted by molar-refractivity contribution is 0.0698. The molecule has 0 aliphatic rings. The number of nitrogen functional groups attached to an aromatic ring is 2. The second-order valence-corrected chi connectivity index (χ2v) is 3.30. The van der Waals surface area contributed by atoms with Gasteiger partial charge in [-0.3, -0.25) is 0 Å². The van der Waals surface area contributed by atoms with Crippen LogP contribution >= 0.6 is 0 Å². The molecule has 0 aromatic heterocycles. The molecule has 0 bridgehead atoms. The molecule has 0 saturated heterocycles. The van der Waals surface area contributed by atoms with Gasteiger partial charge in [0.1, 0.15) is 0 Å². The van der Waals surface area contributed by atoms with Gasteiger partial charge in [0.05, 0.1) is 5.56 Å². The van der Waals surface area contributed by atoms with Crippen LogP contribution in [-0.4, -0.2) is 11.1 Å². The van der Waals surface area contributed by atoms with Gasteiger partial charge in [0.15, 0.2) is 0 Å². The Labute approximate surface area is 99.5 Å². The highest BCUT2D eigenvalue weighted by Gasteiger charge is 2.03. The maximum absolute atomic E-state index is 10.3. The molecule has 0 radical (unpaired) electrons. The largest absolute Gasteiger partial charge is 0.478 e. The third-order valence-corrected chi connectivity index (χ3v) is 1.99. The predicted octanol–water partition coefficient (Wildman–Crippen LogP) is 2.24. The topological polar surface area (TPSA) is 89.3 Å². The fourth-order valence-electron chi connectivity index (χ4n) is 1.14. The van der Waals surface area contributed by atoms with Crippen LogP contribution in [0.1, 0.15) is 10.4 Å². The summed E-state index contributed by atoms with van der Waals surface area (Å²) in [6.45, 7) is 0. The maximum Gasteiger partial charge on any atom is 0.337 e. The SMILES string of the molecule is Nc1ccccc1.Nc1ccccc1C(=O)O. The van der Waals surface area contributed by atoms with E-state index in [4.69, 9.17) is 16.6 Å². The van der Waals surface area contributed by atoms with Crippen LogP contribution in [0.25, 0.3) is 0 Å². The van der Waals surface area contributed by atoms with E-state index >= 15 is 0 Å². The number of aromatic carboxylic acids is 1. The van der Waals surface area contributed by atoms with Crippen molar-refractivity contribution in [3.05, 3.63) is 60.2 Å². The molecule has 5 N–H and O–H groups in total. The summed E-state index contributed by atoms with van der Waals surface area (Å²) in [4.78, 5) is 10.3. The molecule has 0 unspecified atom stereocenters. The second-order valence-electron chi connectivity index (χ2n) is 3.30. The number of para-hydroxylation sites is 2. The van der Waals surface area contributed by atoms with E-state index in [1.165, 1.54) is 6.07 Å². The first-order chi connectivity index (χ1) is 8.11. The van der Waals surface area contributed by atoms with E-state index in [0.29, 0.717) is 5.69 Å². The fourth-order valence-corrected chi connectivity index (χ4v) is 1.14. The molecule has 0 atom stereocenters. The fraction of sp³-hybridized carbons (Fsp3) is 0. The van der Waals surface area contributed by atoms with Crippen LogP contribution in [0, 0.1) is 0 Å². The van der Waals surface area contributed by atoms with Crippen molar-refractivity contribution in [3.63, 3.8) is 0 Å². The van der Waals surface area contributed by atoms with Crippen molar-refractivity contribution in [3.8, 4) is 0 Å². The average molecular weight is 230 g/mol. The van der Waals surface area contributed by atoms with Crippen molar-refractivity contribution in [2.75, 3.05) is 11.5 Å². The lowest BCUT2D eigenvalue weighted by Crippen LogP contribution is -2.00. The predicted molar refractivity (Wildman–Crippen MR) is 68.7 cm³/mol. The number of nitrogens with two attached hydrogens (primary N) is 2. The van der Waals surface area contributed by atoms with E-state index in [-0.39, 0.29) is 5.56 Å².